The number of aryl methyl sites for hydroxylation is 1. The zero-order valence-corrected chi connectivity index (χ0v) is 10.2. The van der Waals surface area contributed by atoms with Crippen LogP contribution in [0.15, 0.2) is 0 Å². The van der Waals surface area contributed by atoms with E-state index in [0.29, 0.717) is 5.92 Å². The van der Waals surface area contributed by atoms with Crippen molar-refractivity contribution < 1.29 is 0 Å². The summed E-state index contributed by atoms with van der Waals surface area (Å²) in [5.41, 5.74) is 6.04. The Hall–Kier alpha value is -0.940. The maximum Gasteiger partial charge on any atom is 0.151 e. The summed E-state index contributed by atoms with van der Waals surface area (Å²) in [5.74, 6) is 2.78. The summed E-state index contributed by atoms with van der Waals surface area (Å²) >= 11 is 0. The van der Waals surface area contributed by atoms with Crippen molar-refractivity contribution in [1.29, 1.82) is 0 Å². The number of fused-ring (bicyclic) bond motifs is 1. The second-order valence-electron chi connectivity index (χ2n) is 5.26. The van der Waals surface area contributed by atoms with Gasteiger partial charge >= 0.3 is 0 Å². The highest BCUT2D eigenvalue weighted by atomic mass is 15.4. The highest BCUT2D eigenvalue weighted by molar-refractivity contribution is 4.99. The summed E-state index contributed by atoms with van der Waals surface area (Å²) in [5, 5.41) is 8.02. The van der Waals surface area contributed by atoms with Crippen molar-refractivity contribution in [2.24, 2.45) is 11.7 Å². The van der Waals surface area contributed by atoms with Gasteiger partial charge in [0.05, 0.1) is 0 Å². The molecule has 5 nitrogen and oxygen atoms in total. The molecule has 94 valence electrons. The largest absolute Gasteiger partial charge is 0.316 e. The second kappa shape index (κ2) is 4.74. The van der Waals surface area contributed by atoms with Gasteiger partial charge in [0.25, 0.3) is 0 Å². The molecule has 0 aliphatic carbocycles. The van der Waals surface area contributed by atoms with Crippen molar-refractivity contribution in [2.75, 3.05) is 13.1 Å². The Bertz CT molecular complexity index is 380. The van der Waals surface area contributed by atoms with Crippen molar-refractivity contribution in [3.05, 3.63) is 11.6 Å². The maximum absolute atomic E-state index is 6.04. The Labute approximate surface area is 102 Å². The standard InChI is InChI=1S/C12H21N5/c13-10-4-1-5-12-15-11(16-17(10)12)7-9-3-2-6-14-8-9/h9-10,14H,1-8,13H2. The van der Waals surface area contributed by atoms with Gasteiger partial charge in [0, 0.05) is 12.8 Å². The molecule has 2 aliphatic heterocycles. The third-order valence-corrected chi connectivity index (χ3v) is 3.83. The van der Waals surface area contributed by atoms with Crippen LogP contribution in [-0.4, -0.2) is 27.9 Å². The van der Waals surface area contributed by atoms with Crippen LogP contribution in [0.4, 0.5) is 0 Å². The monoisotopic (exact) mass is 235 g/mol. The molecule has 2 unspecified atom stereocenters. The lowest BCUT2D eigenvalue weighted by Crippen LogP contribution is -2.31. The molecule has 1 fully saturated rings. The predicted octanol–water partition coefficient (Wildman–Crippen LogP) is 0.614. The molecule has 0 saturated carbocycles. The fourth-order valence-corrected chi connectivity index (χ4v) is 2.88. The van der Waals surface area contributed by atoms with E-state index in [9.17, 15) is 0 Å². The molecular formula is C12H21N5. The molecule has 1 aromatic rings. The fourth-order valence-electron chi connectivity index (χ4n) is 2.88. The van der Waals surface area contributed by atoms with E-state index in [-0.39, 0.29) is 6.17 Å². The molecule has 2 atom stereocenters. The lowest BCUT2D eigenvalue weighted by atomic mass is 9.96. The number of rotatable bonds is 2. The van der Waals surface area contributed by atoms with E-state index in [0.717, 1.165) is 50.4 Å². The number of piperidine rings is 1. The SMILES string of the molecule is NC1CCCc2nc(CC3CCCNC3)nn21. The first kappa shape index (κ1) is 11.2. The molecule has 1 saturated heterocycles. The van der Waals surface area contributed by atoms with Crippen LogP contribution in [0.3, 0.4) is 0 Å². The summed E-state index contributed by atoms with van der Waals surface area (Å²) in [7, 11) is 0. The van der Waals surface area contributed by atoms with Gasteiger partial charge in [-0.1, -0.05) is 0 Å². The zero-order chi connectivity index (χ0) is 11.7. The quantitative estimate of drug-likeness (QED) is 0.788. The van der Waals surface area contributed by atoms with Crippen molar-refractivity contribution in [1.82, 2.24) is 20.1 Å². The second-order valence-corrected chi connectivity index (χ2v) is 5.26. The normalized spacial score (nSPS) is 29.0. The maximum atomic E-state index is 6.04. The van der Waals surface area contributed by atoms with Gasteiger partial charge in [-0.3, -0.25) is 0 Å². The van der Waals surface area contributed by atoms with Crippen LogP contribution >= 0.6 is 0 Å². The molecule has 1 aromatic heterocycles. The zero-order valence-electron chi connectivity index (χ0n) is 10.2. The fraction of sp³-hybridized carbons (Fsp3) is 0.833. The summed E-state index contributed by atoms with van der Waals surface area (Å²) in [6.45, 7) is 2.27. The summed E-state index contributed by atoms with van der Waals surface area (Å²) < 4.78 is 1.94. The van der Waals surface area contributed by atoms with Crippen LogP contribution < -0.4 is 11.1 Å². The van der Waals surface area contributed by atoms with Crippen molar-refractivity contribution >= 4 is 0 Å². The van der Waals surface area contributed by atoms with Crippen molar-refractivity contribution in [2.45, 2.75) is 44.7 Å². The number of aromatic nitrogens is 3. The summed E-state index contributed by atoms with van der Waals surface area (Å²) in [6, 6.07) is 0. The smallest absolute Gasteiger partial charge is 0.151 e. The van der Waals surface area contributed by atoms with Crippen LogP contribution in [-0.2, 0) is 12.8 Å². The van der Waals surface area contributed by atoms with Gasteiger partial charge in [-0.05, 0) is 44.7 Å². The topological polar surface area (TPSA) is 68.8 Å². The molecule has 0 radical (unpaired) electrons. The van der Waals surface area contributed by atoms with E-state index in [2.05, 4.69) is 15.4 Å². The van der Waals surface area contributed by atoms with Gasteiger partial charge < -0.3 is 11.1 Å². The minimum Gasteiger partial charge on any atom is -0.316 e. The Kier molecular flexibility index (Phi) is 3.11. The van der Waals surface area contributed by atoms with E-state index >= 15 is 0 Å². The Morgan fingerprint density at radius 3 is 3.06 bits per heavy atom. The lowest BCUT2D eigenvalue weighted by molar-refractivity contribution is 0.359. The summed E-state index contributed by atoms with van der Waals surface area (Å²) in [6.07, 6.45) is 6.82. The highest BCUT2D eigenvalue weighted by Gasteiger charge is 2.22. The first-order chi connectivity index (χ1) is 8.33. The lowest BCUT2D eigenvalue weighted by Gasteiger charge is -2.21. The average molecular weight is 235 g/mol. The molecule has 3 heterocycles. The Morgan fingerprint density at radius 1 is 1.35 bits per heavy atom. The summed E-state index contributed by atoms with van der Waals surface area (Å²) in [4.78, 5) is 4.64. The molecule has 0 spiro atoms. The van der Waals surface area contributed by atoms with E-state index in [1.165, 1.54) is 12.8 Å². The number of nitrogens with two attached hydrogens (primary N) is 1. The van der Waals surface area contributed by atoms with Gasteiger partial charge in [0.15, 0.2) is 5.82 Å². The number of nitrogens with zero attached hydrogens (tertiary/aromatic N) is 3. The van der Waals surface area contributed by atoms with Crippen molar-refractivity contribution in [3.8, 4) is 0 Å². The van der Waals surface area contributed by atoms with E-state index in [4.69, 9.17) is 5.73 Å². The highest BCUT2D eigenvalue weighted by Crippen LogP contribution is 2.21. The van der Waals surface area contributed by atoms with E-state index in [1.807, 2.05) is 4.68 Å². The van der Waals surface area contributed by atoms with Gasteiger partial charge in [0.2, 0.25) is 0 Å². The Morgan fingerprint density at radius 2 is 2.29 bits per heavy atom. The Balaban J connectivity index is 1.71. The van der Waals surface area contributed by atoms with Crippen LogP contribution in [0.2, 0.25) is 0 Å². The third kappa shape index (κ3) is 2.35. The number of hydrogen-bond acceptors (Lipinski definition) is 4. The molecular weight excluding hydrogens is 214 g/mol. The minimum atomic E-state index is 0.0458. The molecule has 3 N–H and O–H groups in total. The predicted molar refractivity (Wildman–Crippen MR) is 65.5 cm³/mol. The van der Waals surface area contributed by atoms with Crippen LogP contribution in [0.1, 0.15) is 43.5 Å². The molecule has 17 heavy (non-hydrogen) atoms. The van der Waals surface area contributed by atoms with E-state index in [1.54, 1.807) is 0 Å². The number of hydrogen-bond donors (Lipinski definition) is 2. The van der Waals surface area contributed by atoms with Gasteiger partial charge in [-0.15, -0.1) is 0 Å². The molecule has 5 heteroatoms. The number of nitrogens with one attached hydrogen (secondary N) is 1. The van der Waals surface area contributed by atoms with Crippen LogP contribution in [0, 0.1) is 5.92 Å². The first-order valence-electron chi connectivity index (χ1n) is 6.73. The minimum absolute atomic E-state index is 0.0458. The van der Waals surface area contributed by atoms with Crippen LogP contribution in [0.5, 0.6) is 0 Å². The van der Waals surface area contributed by atoms with E-state index < -0.39 is 0 Å². The third-order valence-electron chi connectivity index (χ3n) is 3.83. The molecule has 3 rings (SSSR count). The van der Waals surface area contributed by atoms with Gasteiger partial charge in [-0.25, -0.2) is 9.67 Å². The molecule has 2 aliphatic rings. The molecule has 0 aromatic carbocycles. The average Bonchev–Trinajstić information content (AvgIpc) is 2.74. The molecule has 0 bridgehead atoms. The van der Waals surface area contributed by atoms with Crippen molar-refractivity contribution in [3.63, 3.8) is 0 Å². The van der Waals surface area contributed by atoms with Gasteiger partial charge in [-0.2, -0.15) is 5.10 Å². The molecule has 0 amide bonds. The first-order valence-corrected chi connectivity index (χ1v) is 6.73. The van der Waals surface area contributed by atoms with Gasteiger partial charge in [0.1, 0.15) is 12.0 Å². The van der Waals surface area contributed by atoms with Crippen LogP contribution in [0.25, 0.3) is 0 Å².